The molecule has 0 aromatic carbocycles. The molecule has 0 aliphatic heterocycles. The molecule has 0 aliphatic rings. The molecule has 0 spiro atoms. The Labute approximate surface area is 227 Å². The van der Waals surface area contributed by atoms with Crippen molar-refractivity contribution in [1.82, 2.24) is 20.9 Å². The van der Waals surface area contributed by atoms with Gasteiger partial charge in [0, 0.05) is 17.5 Å². The predicted octanol–water partition coefficient (Wildman–Crippen LogP) is 3.69. The molecule has 0 radical (unpaired) electrons. The highest BCUT2D eigenvalue weighted by Gasteiger charge is 2.36. The number of carbonyl (C=O) groups is 4. The lowest BCUT2D eigenvalue weighted by Gasteiger charge is -2.30. The Balaban J connectivity index is 2.86. The van der Waals surface area contributed by atoms with Gasteiger partial charge in [0.05, 0.1) is 13.0 Å². The van der Waals surface area contributed by atoms with Crippen molar-refractivity contribution in [2.45, 2.75) is 91.1 Å². The lowest BCUT2D eigenvalue weighted by Crippen LogP contribution is -2.59. The zero-order valence-corrected chi connectivity index (χ0v) is 24.1. The van der Waals surface area contributed by atoms with Gasteiger partial charge in [-0.2, -0.15) is 0 Å². The average Bonchev–Trinajstić information content (AvgIpc) is 3.27. The van der Waals surface area contributed by atoms with E-state index in [-0.39, 0.29) is 24.8 Å². The van der Waals surface area contributed by atoms with Crippen LogP contribution in [0.5, 0.6) is 0 Å². The number of rotatable bonds is 13. The maximum absolute atomic E-state index is 13.1. The lowest BCUT2D eigenvalue weighted by molar-refractivity contribution is -0.153. The van der Waals surface area contributed by atoms with E-state index in [1.807, 2.05) is 5.38 Å². The number of nitrogens with one attached hydrogen (secondary N) is 3. The first-order valence-corrected chi connectivity index (χ1v) is 13.5. The van der Waals surface area contributed by atoms with Crippen LogP contribution in [0.2, 0.25) is 0 Å². The summed E-state index contributed by atoms with van der Waals surface area (Å²) in [6.45, 7) is 11.9. The van der Waals surface area contributed by atoms with Crippen molar-refractivity contribution in [1.29, 1.82) is 0 Å². The quantitative estimate of drug-likeness (QED) is 0.191. The Kier molecular flexibility index (Phi) is 13.1. The van der Waals surface area contributed by atoms with Gasteiger partial charge in [0.2, 0.25) is 11.8 Å². The second-order valence-corrected chi connectivity index (χ2v) is 11.6. The van der Waals surface area contributed by atoms with E-state index in [0.717, 1.165) is 5.01 Å². The summed E-state index contributed by atoms with van der Waals surface area (Å²) in [4.78, 5) is 54.8. The Bertz CT molecular complexity index is 928. The third kappa shape index (κ3) is 12.9. The zero-order chi connectivity index (χ0) is 28.2. The number of esters is 1. The van der Waals surface area contributed by atoms with E-state index in [9.17, 15) is 19.2 Å². The lowest BCUT2D eigenvalue weighted by atomic mass is 10.00. The van der Waals surface area contributed by atoms with Crippen LogP contribution in [0.25, 0.3) is 0 Å². The van der Waals surface area contributed by atoms with Gasteiger partial charge in [-0.3, -0.25) is 9.59 Å². The molecule has 0 saturated heterocycles. The van der Waals surface area contributed by atoms with Gasteiger partial charge in [-0.25, -0.2) is 14.6 Å². The van der Waals surface area contributed by atoms with Crippen LogP contribution in [-0.2, 0) is 30.4 Å². The van der Waals surface area contributed by atoms with Crippen LogP contribution in [0, 0.1) is 5.92 Å². The number of halogens is 1. The Hall–Kier alpha value is -2.66. The molecular weight excluding hydrogens is 520 g/mol. The molecule has 12 heteroatoms. The van der Waals surface area contributed by atoms with Gasteiger partial charge in [-0.15, -0.1) is 22.9 Å². The Morgan fingerprint density at radius 2 is 1.84 bits per heavy atom. The summed E-state index contributed by atoms with van der Waals surface area (Å²) in [6, 6.07) is -1.02. The molecule has 1 rings (SSSR count). The van der Waals surface area contributed by atoms with Gasteiger partial charge >= 0.3 is 12.1 Å². The van der Waals surface area contributed by atoms with Crippen LogP contribution in [0.1, 0.15) is 66.3 Å². The van der Waals surface area contributed by atoms with Crippen LogP contribution < -0.4 is 16.0 Å². The number of amides is 3. The van der Waals surface area contributed by atoms with Crippen LogP contribution in [0.15, 0.2) is 23.7 Å². The summed E-state index contributed by atoms with van der Waals surface area (Å²) >= 11 is 7.15. The molecule has 1 heterocycles. The first-order chi connectivity index (χ1) is 17.1. The summed E-state index contributed by atoms with van der Waals surface area (Å²) < 4.78 is 10.8. The summed E-state index contributed by atoms with van der Waals surface area (Å²) in [5.41, 5.74) is -2.11. The number of ether oxygens (including phenoxy) is 2. The van der Waals surface area contributed by atoms with Crippen molar-refractivity contribution in [3.63, 3.8) is 0 Å². The molecule has 37 heavy (non-hydrogen) atoms. The molecule has 0 fully saturated rings. The minimum atomic E-state index is -1.37. The topological polar surface area (TPSA) is 136 Å². The zero-order valence-electron chi connectivity index (χ0n) is 22.6. The van der Waals surface area contributed by atoms with E-state index < -0.39 is 41.3 Å². The molecule has 0 aliphatic carbocycles. The maximum Gasteiger partial charge on any atom is 0.408 e. The molecule has 1 aromatic heterocycles. The van der Waals surface area contributed by atoms with Gasteiger partial charge in [0.1, 0.15) is 28.3 Å². The average molecular weight is 559 g/mol. The van der Waals surface area contributed by atoms with Crippen molar-refractivity contribution in [3.05, 3.63) is 28.7 Å². The number of carbonyl (C=O) groups excluding carboxylic acids is 4. The molecular formula is C25H39ClN4O6S. The highest BCUT2D eigenvalue weighted by Crippen LogP contribution is 2.14. The normalized spacial score (nSPS) is 13.6. The molecule has 3 amide bonds. The van der Waals surface area contributed by atoms with Gasteiger partial charge in [0.25, 0.3) is 0 Å². The van der Waals surface area contributed by atoms with Gasteiger partial charge in [-0.05, 0) is 53.0 Å². The molecule has 0 saturated carbocycles. The molecule has 2 atom stereocenters. The van der Waals surface area contributed by atoms with Gasteiger partial charge in [0.15, 0.2) is 0 Å². The first-order valence-electron chi connectivity index (χ1n) is 12.0. The largest absolute Gasteiger partial charge is 0.456 e. The fraction of sp³-hybridized carbons (Fsp3) is 0.640. The van der Waals surface area contributed by atoms with Crippen molar-refractivity contribution in [2.75, 3.05) is 5.88 Å². The number of aromatic nitrogens is 1. The van der Waals surface area contributed by atoms with E-state index in [2.05, 4.69) is 20.9 Å². The summed E-state index contributed by atoms with van der Waals surface area (Å²) in [5, 5.41) is 10.5. The maximum atomic E-state index is 13.1. The number of hydrogen-bond acceptors (Lipinski definition) is 8. The third-order valence-electron chi connectivity index (χ3n) is 4.79. The highest BCUT2D eigenvalue weighted by molar-refractivity contribution is 7.09. The summed E-state index contributed by atoms with van der Waals surface area (Å²) in [5.74, 6) is -1.58. The van der Waals surface area contributed by atoms with Crippen molar-refractivity contribution in [3.8, 4) is 0 Å². The molecule has 0 unspecified atom stereocenters. The van der Waals surface area contributed by atoms with E-state index in [1.165, 1.54) is 25.2 Å². The SMILES string of the molecule is CC(C)[C@H](NC(=O)C(C)(C)NC(=O)OC(C)(C)C)C(=O)O[C@H](/C=C/CCCl)CC(=O)NCc1nccs1. The third-order valence-corrected chi connectivity index (χ3v) is 5.79. The molecule has 3 N–H and O–H groups in total. The Morgan fingerprint density at radius 3 is 2.38 bits per heavy atom. The molecule has 10 nitrogen and oxygen atoms in total. The van der Waals surface area contributed by atoms with E-state index >= 15 is 0 Å². The number of thiazole rings is 1. The number of allylic oxidation sites excluding steroid dienone is 1. The van der Waals surface area contributed by atoms with E-state index in [4.69, 9.17) is 21.1 Å². The van der Waals surface area contributed by atoms with Gasteiger partial charge in [-0.1, -0.05) is 19.9 Å². The number of alkyl carbamates (subject to hydrolysis) is 1. The van der Waals surface area contributed by atoms with Crippen molar-refractivity contribution in [2.24, 2.45) is 5.92 Å². The number of alkyl halides is 1. The summed E-state index contributed by atoms with van der Waals surface area (Å²) in [6.07, 6.45) is 3.79. The summed E-state index contributed by atoms with van der Waals surface area (Å²) in [7, 11) is 0. The minimum Gasteiger partial charge on any atom is -0.456 e. The second-order valence-electron chi connectivity index (χ2n) is 10.2. The smallest absolute Gasteiger partial charge is 0.408 e. The fourth-order valence-electron chi connectivity index (χ4n) is 2.89. The second kappa shape index (κ2) is 14.9. The monoisotopic (exact) mass is 558 g/mol. The van der Waals surface area contributed by atoms with Gasteiger partial charge < -0.3 is 25.4 Å². The number of nitrogens with zero attached hydrogens (tertiary/aromatic N) is 1. The van der Waals surface area contributed by atoms with Crippen LogP contribution in [0.3, 0.4) is 0 Å². The molecule has 208 valence electrons. The van der Waals surface area contributed by atoms with E-state index in [0.29, 0.717) is 12.3 Å². The number of hydrogen-bond donors (Lipinski definition) is 3. The molecule has 1 aromatic rings. The fourth-order valence-corrected chi connectivity index (χ4v) is 3.57. The van der Waals surface area contributed by atoms with Crippen molar-refractivity contribution >= 4 is 46.8 Å². The van der Waals surface area contributed by atoms with Crippen LogP contribution in [0.4, 0.5) is 4.79 Å². The molecule has 0 bridgehead atoms. The van der Waals surface area contributed by atoms with Crippen LogP contribution in [-0.4, -0.2) is 58.0 Å². The van der Waals surface area contributed by atoms with E-state index in [1.54, 1.807) is 53.0 Å². The standard InChI is InChI=1S/C25H39ClN4O6S/c1-16(2)20(29-22(33)25(6,7)30-23(34)36-24(3,4)5)21(32)35-17(10-8-9-11-26)14-18(31)28-15-19-27-12-13-37-19/h8,10,12-13,16-17,20H,9,11,14-15H2,1-7H3,(H,28,31)(H,29,33)(H,30,34)/b10-8+/t17-,20+/m1/s1. The Morgan fingerprint density at radius 1 is 1.16 bits per heavy atom. The van der Waals surface area contributed by atoms with Crippen LogP contribution >= 0.6 is 22.9 Å². The van der Waals surface area contributed by atoms with Crippen molar-refractivity contribution < 1.29 is 28.7 Å². The minimum absolute atomic E-state index is 0.111. The predicted molar refractivity (Wildman–Crippen MR) is 143 cm³/mol. The highest BCUT2D eigenvalue weighted by atomic mass is 35.5. The first kappa shape index (κ1) is 32.4.